The fraction of sp³-hybridized carbons (Fsp3) is 0.500. The largest absolute Gasteiger partial charge is 0.490 e. The first-order valence-electron chi connectivity index (χ1n) is 9.49. The number of cyclic esters (lactones) is 1. The van der Waals surface area contributed by atoms with E-state index in [2.05, 4.69) is 55.6 Å². The van der Waals surface area contributed by atoms with Crippen LogP contribution in [-0.2, 0) is 10.3 Å². The summed E-state index contributed by atoms with van der Waals surface area (Å²) in [7, 11) is 0. The standard InChI is InChI=1S/C22H27NO3/c1-21(2)10-8-18(9-11-21)26-19-7-5-15-12-17(6-4-16(15)13-19)22(3)14-25-20(24)23-22/h4-7,12-13,18H,8-11,14H2,1-3H3,(H,23,24). The number of amides is 1. The normalized spacial score (nSPS) is 25.7. The first-order chi connectivity index (χ1) is 12.3. The van der Waals surface area contributed by atoms with Gasteiger partial charge in [-0.05, 0) is 72.6 Å². The van der Waals surface area contributed by atoms with Gasteiger partial charge in [-0.25, -0.2) is 4.79 Å². The van der Waals surface area contributed by atoms with Gasteiger partial charge in [0.05, 0.1) is 11.6 Å². The second kappa shape index (κ2) is 6.19. The summed E-state index contributed by atoms with van der Waals surface area (Å²) in [5, 5.41) is 5.19. The van der Waals surface area contributed by atoms with Crippen LogP contribution in [0.5, 0.6) is 5.75 Å². The maximum Gasteiger partial charge on any atom is 0.408 e. The fourth-order valence-electron chi connectivity index (χ4n) is 3.99. The van der Waals surface area contributed by atoms with Crippen molar-refractivity contribution >= 4 is 16.9 Å². The van der Waals surface area contributed by atoms with Crippen LogP contribution in [-0.4, -0.2) is 18.8 Å². The van der Waals surface area contributed by atoms with Gasteiger partial charge in [0.25, 0.3) is 0 Å². The molecule has 1 N–H and O–H groups in total. The number of carbonyl (C=O) groups excluding carboxylic acids is 1. The van der Waals surface area contributed by atoms with Crippen molar-refractivity contribution in [2.45, 2.75) is 58.1 Å². The summed E-state index contributed by atoms with van der Waals surface area (Å²) in [6, 6.07) is 12.5. The zero-order valence-corrected chi connectivity index (χ0v) is 15.8. The average molecular weight is 353 g/mol. The van der Waals surface area contributed by atoms with E-state index in [1.807, 2.05) is 6.92 Å². The molecule has 2 aromatic carbocycles. The first-order valence-corrected chi connectivity index (χ1v) is 9.49. The van der Waals surface area contributed by atoms with Crippen LogP contribution in [0.2, 0.25) is 0 Å². The minimum atomic E-state index is -0.463. The lowest BCUT2D eigenvalue weighted by molar-refractivity contribution is 0.0989. The van der Waals surface area contributed by atoms with Gasteiger partial charge in [-0.3, -0.25) is 0 Å². The number of alkyl carbamates (subject to hydrolysis) is 1. The van der Waals surface area contributed by atoms with Gasteiger partial charge in [0.1, 0.15) is 12.4 Å². The smallest absolute Gasteiger partial charge is 0.408 e. The SMILES string of the molecule is CC1(C)CCC(Oc2ccc3cc(C4(C)COC(=O)N4)ccc3c2)CC1. The van der Waals surface area contributed by atoms with Crippen molar-refractivity contribution in [2.75, 3.05) is 6.61 Å². The highest BCUT2D eigenvalue weighted by Gasteiger charge is 2.36. The predicted molar refractivity (Wildman–Crippen MR) is 102 cm³/mol. The van der Waals surface area contributed by atoms with E-state index in [1.54, 1.807) is 0 Å². The van der Waals surface area contributed by atoms with Crippen molar-refractivity contribution in [2.24, 2.45) is 5.41 Å². The summed E-state index contributed by atoms with van der Waals surface area (Å²) in [4.78, 5) is 11.4. The number of ether oxygens (including phenoxy) is 2. The van der Waals surface area contributed by atoms with Crippen molar-refractivity contribution in [1.29, 1.82) is 0 Å². The molecular formula is C22H27NO3. The van der Waals surface area contributed by atoms with E-state index in [9.17, 15) is 4.79 Å². The summed E-state index contributed by atoms with van der Waals surface area (Å²) >= 11 is 0. The average Bonchev–Trinajstić information content (AvgIpc) is 2.96. The van der Waals surface area contributed by atoms with Gasteiger partial charge in [-0.15, -0.1) is 0 Å². The zero-order valence-electron chi connectivity index (χ0n) is 15.8. The minimum Gasteiger partial charge on any atom is -0.490 e. The van der Waals surface area contributed by atoms with E-state index in [4.69, 9.17) is 9.47 Å². The molecule has 1 saturated carbocycles. The van der Waals surface area contributed by atoms with Gasteiger partial charge < -0.3 is 14.8 Å². The molecule has 4 rings (SSSR count). The van der Waals surface area contributed by atoms with Crippen LogP contribution in [0.3, 0.4) is 0 Å². The van der Waals surface area contributed by atoms with Crippen LogP contribution in [0, 0.1) is 5.41 Å². The molecule has 2 aromatic rings. The Morgan fingerprint density at radius 2 is 1.73 bits per heavy atom. The van der Waals surface area contributed by atoms with Gasteiger partial charge in [-0.1, -0.05) is 32.0 Å². The fourth-order valence-corrected chi connectivity index (χ4v) is 3.99. The monoisotopic (exact) mass is 353 g/mol. The van der Waals surface area contributed by atoms with E-state index in [0.717, 1.165) is 34.9 Å². The summed E-state index contributed by atoms with van der Waals surface area (Å²) in [6.07, 6.45) is 4.67. The van der Waals surface area contributed by atoms with Gasteiger partial charge in [0.15, 0.2) is 0 Å². The van der Waals surface area contributed by atoms with Crippen LogP contribution in [0.1, 0.15) is 52.0 Å². The Bertz CT molecular complexity index is 834. The quantitative estimate of drug-likeness (QED) is 0.831. The van der Waals surface area contributed by atoms with Crippen LogP contribution >= 0.6 is 0 Å². The molecule has 1 unspecified atom stereocenters. The molecule has 26 heavy (non-hydrogen) atoms. The van der Waals surface area contributed by atoms with Crippen LogP contribution in [0.4, 0.5) is 4.79 Å². The second-order valence-electron chi connectivity index (χ2n) is 8.74. The van der Waals surface area contributed by atoms with Gasteiger partial charge in [0.2, 0.25) is 0 Å². The number of benzene rings is 2. The first kappa shape index (κ1) is 17.2. The van der Waals surface area contributed by atoms with E-state index in [1.165, 1.54) is 12.8 Å². The van der Waals surface area contributed by atoms with E-state index >= 15 is 0 Å². The Morgan fingerprint density at radius 1 is 1.04 bits per heavy atom. The number of carbonyl (C=O) groups is 1. The Balaban J connectivity index is 1.51. The van der Waals surface area contributed by atoms with Gasteiger partial charge in [0, 0.05) is 0 Å². The van der Waals surface area contributed by atoms with Crippen molar-refractivity contribution in [3.05, 3.63) is 42.0 Å². The molecule has 0 radical (unpaired) electrons. The third-order valence-corrected chi connectivity index (χ3v) is 5.91. The number of hydrogen-bond donors (Lipinski definition) is 1. The molecule has 1 amide bonds. The maximum absolute atomic E-state index is 11.4. The predicted octanol–water partition coefficient (Wildman–Crippen LogP) is 5.14. The van der Waals surface area contributed by atoms with Crippen LogP contribution in [0.25, 0.3) is 10.8 Å². The Morgan fingerprint density at radius 3 is 2.42 bits per heavy atom. The van der Waals surface area contributed by atoms with Crippen LogP contribution in [0.15, 0.2) is 36.4 Å². The lowest BCUT2D eigenvalue weighted by atomic mass is 9.76. The molecule has 1 aliphatic carbocycles. The number of rotatable bonds is 3. The van der Waals surface area contributed by atoms with Crippen LogP contribution < -0.4 is 10.1 Å². The van der Waals surface area contributed by atoms with E-state index in [-0.39, 0.29) is 6.09 Å². The molecule has 138 valence electrons. The Hall–Kier alpha value is -2.23. The van der Waals surface area contributed by atoms with Gasteiger partial charge in [-0.2, -0.15) is 0 Å². The Kier molecular flexibility index (Phi) is 4.09. The number of fused-ring (bicyclic) bond motifs is 1. The summed E-state index contributed by atoms with van der Waals surface area (Å²) in [5.41, 5.74) is 1.05. The van der Waals surface area contributed by atoms with Gasteiger partial charge >= 0.3 is 6.09 Å². The second-order valence-corrected chi connectivity index (χ2v) is 8.74. The molecule has 1 heterocycles. The minimum absolute atomic E-state index is 0.324. The lowest BCUT2D eigenvalue weighted by Gasteiger charge is -2.34. The Labute approximate surface area is 154 Å². The molecule has 2 aliphatic rings. The van der Waals surface area contributed by atoms with Crippen molar-refractivity contribution in [3.8, 4) is 5.75 Å². The lowest BCUT2D eigenvalue weighted by Crippen LogP contribution is -2.37. The maximum atomic E-state index is 11.4. The summed E-state index contributed by atoms with van der Waals surface area (Å²) < 4.78 is 11.3. The topological polar surface area (TPSA) is 47.6 Å². The highest BCUT2D eigenvalue weighted by atomic mass is 16.6. The number of hydrogen-bond acceptors (Lipinski definition) is 3. The molecule has 2 fully saturated rings. The molecular weight excluding hydrogens is 326 g/mol. The number of nitrogens with one attached hydrogen (secondary N) is 1. The van der Waals surface area contributed by atoms with Crippen molar-refractivity contribution in [1.82, 2.24) is 5.32 Å². The zero-order chi connectivity index (χ0) is 18.4. The molecule has 0 aromatic heterocycles. The molecule has 1 saturated heterocycles. The van der Waals surface area contributed by atoms with Crippen molar-refractivity contribution in [3.63, 3.8) is 0 Å². The molecule has 4 nitrogen and oxygen atoms in total. The molecule has 0 spiro atoms. The van der Waals surface area contributed by atoms with E-state index in [0.29, 0.717) is 18.1 Å². The van der Waals surface area contributed by atoms with E-state index < -0.39 is 5.54 Å². The molecule has 1 atom stereocenters. The summed E-state index contributed by atoms with van der Waals surface area (Å²) in [6.45, 7) is 7.03. The highest BCUT2D eigenvalue weighted by molar-refractivity contribution is 5.85. The highest BCUT2D eigenvalue weighted by Crippen LogP contribution is 2.37. The molecule has 0 bridgehead atoms. The molecule has 4 heteroatoms. The third kappa shape index (κ3) is 3.37. The van der Waals surface area contributed by atoms with Crippen molar-refractivity contribution < 1.29 is 14.3 Å². The molecule has 1 aliphatic heterocycles. The summed E-state index contributed by atoms with van der Waals surface area (Å²) in [5.74, 6) is 0.943. The third-order valence-electron chi connectivity index (χ3n) is 5.91.